The van der Waals surface area contributed by atoms with Gasteiger partial charge in [0.15, 0.2) is 0 Å². The highest BCUT2D eigenvalue weighted by Gasteiger charge is 2.06. The molecule has 0 aliphatic carbocycles. The monoisotopic (exact) mass is 223 g/mol. The summed E-state index contributed by atoms with van der Waals surface area (Å²) >= 11 is 0. The Bertz CT molecular complexity index is 353. The number of pyridine rings is 1. The van der Waals surface area contributed by atoms with Gasteiger partial charge >= 0.3 is 0 Å². The molecule has 0 radical (unpaired) electrons. The summed E-state index contributed by atoms with van der Waals surface area (Å²) in [6, 6.07) is 5.06. The van der Waals surface area contributed by atoms with E-state index in [0.717, 1.165) is 6.54 Å². The Labute approximate surface area is 94.8 Å². The third kappa shape index (κ3) is 3.84. The molecule has 0 atom stereocenters. The fourth-order valence-corrected chi connectivity index (χ4v) is 1.13. The van der Waals surface area contributed by atoms with Crippen molar-refractivity contribution in [3.63, 3.8) is 0 Å². The fraction of sp³-hybridized carbons (Fsp3) is 0.400. The molecule has 0 saturated heterocycles. The number of amides is 1. The van der Waals surface area contributed by atoms with Crippen molar-refractivity contribution >= 4 is 11.7 Å². The quantitative estimate of drug-likeness (QED) is 0.470. The highest BCUT2D eigenvalue weighted by Crippen LogP contribution is 2.02. The van der Waals surface area contributed by atoms with Crippen molar-refractivity contribution < 1.29 is 4.79 Å². The lowest BCUT2D eigenvalue weighted by molar-refractivity contribution is 0.0946. The standard InChI is InChI=1S/C10H17N5O/c1-15(2)7-6-12-10(16)8-4-3-5-9(13-8)14-11/h3-5H,6-7,11H2,1-2H3,(H,12,16)(H,13,14). The Morgan fingerprint density at radius 2 is 2.25 bits per heavy atom. The molecule has 0 bridgehead atoms. The molecule has 0 saturated carbocycles. The average molecular weight is 223 g/mol. The van der Waals surface area contributed by atoms with Gasteiger partial charge in [0.1, 0.15) is 11.5 Å². The summed E-state index contributed by atoms with van der Waals surface area (Å²) in [6.07, 6.45) is 0. The number of carbonyl (C=O) groups is 1. The first-order chi connectivity index (χ1) is 7.63. The van der Waals surface area contributed by atoms with Crippen molar-refractivity contribution in [1.29, 1.82) is 0 Å². The van der Waals surface area contributed by atoms with E-state index in [1.54, 1.807) is 18.2 Å². The van der Waals surface area contributed by atoms with Crippen LogP contribution >= 0.6 is 0 Å². The third-order valence-corrected chi connectivity index (χ3v) is 1.97. The molecule has 1 aromatic heterocycles. The van der Waals surface area contributed by atoms with E-state index in [2.05, 4.69) is 15.7 Å². The molecule has 1 aromatic rings. The Morgan fingerprint density at radius 1 is 1.50 bits per heavy atom. The van der Waals surface area contributed by atoms with Crippen LogP contribution in [0, 0.1) is 0 Å². The lowest BCUT2D eigenvalue weighted by Crippen LogP contribution is -2.31. The summed E-state index contributed by atoms with van der Waals surface area (Å²) in [5, 5.41) is 2.77. The minimum Gasteiger partial charge on any atom is -0.349 e. The maximum Gasteiger partial charge on any atom is 0.270 e. The van der Waals surface area contributed by atoms with E-state index < -0.39 is 0 Å². The van der Waals surface area contributed by atoms with Gasteiger partial charge in [0.05, 0.1) is 0 Å². The first-order valence-corrected chi connectivity index (χ1v) is 5.00. The molecule has 0 aliphatic heterocycles. The highest BCUT2D eigenvalue weighted by molar-refractivity contribution is 5.92. The van der Waals surface area contributed by atoms with Crippen LogP contribution in [0.1, 0.15) is 10.5 Å². The lowest BCUT2D eigenvalue weighted by Gasteiger charge is -2.10. The van der Waals surface area contributed by atoms with Crippen LogP contribution in [0.2, 0.25) is 0 Å². The maximum atomic E-state index is 11.6. The number of aromatic nitrogens is 1. The van der Waals surface area contributed by atoms with Crippen LogP contribution < -0.4 is 16.6 Å². The number of nitrogen functional groups attached to an aromatic ring is 1. The topological polar surface area (TPSA) is 83.3 Å². The number of likely N-dealkylation sites (N-methyl/N-ethyl adjacent to an activating group) is 1. The number of carbonyl (C=O) groups excluding carboxylic acids is 1. The molecule has 88 valence electrons. The number of hydrazine groups is 1. The average Bonchev–Trinajstić information content (AvgIpc) is 2.28. The molecule has 0 aromatic carbocycles. The normalized spacial score (nSPS) is 10.2. The zero-order valence-corrected chi connectivity index (χ0v) is 9.53. The minimum absolute atomic E-state index is 0.195. The van der Waals surface area contributed by atoms with Gasteiger partial charge in [-0.15, -0.1) is 0 Å². The van der Waals surface area contributed by atoms with Crippen LogP contribution in [0.25, 0.3) is 0 Å². The second-order valence-corrected chi connectivity index (χ2v) is 3.61. The van der Waals surface area contributed by atoms with Gasteiger partial charge in [0.2, 0.25) is 0 Å². The van der Waals surface area contributed by atoms with Crippen molar-refractivity contribution in [1.82, 2.24) is 15.2 Å². The van der Waals surface area contributed by atoms with E-state index in [4.69, 9.17) is 5.84 Å². The second-order valence-electron chi connectivity index (χ2n) is 3.61. The Hall–Kier alpha value is -1.66. The van der Waals surface area contributed by atoms with Crippen LogP contribution in [0.5, 0.6) is 0 Å². The van der Waals surface area contributed by atoms with E-state index in [9.17, 15) is 4.79 Å². The predicted molar refractivity (Wildman–Crippen MR) is 62.9 cm³/mol. The highest BCUT2D eigenvalue weighted by atomic mass is 16.1. The summed E-state index contributed by atoms with van der Waals surface area (Å²) in [5.41, 5.74) is 2.75. The molecule has 6 heteroatoms. The van der Waals surface area contributed by atoms with Crippen molar-refractivity contribution in [2.45, 2.75) is 0 Å². The van der Waals surface area contributed by atoms with Gasteiger partial charge in [0.25, 0.3) is 5.91 Å². The third-order valence-electron chi connectivity index (χ3n) is 1.97. The smallest absolute Gasteiger partial charge is 0.270 e. The van der Waals surface area contributed by atoms with Crippen molar-refractivity contribution in [2.24, 2.45) is 5.84 Å². The molecule has 6 nitrogen and oxygen atoms in total. The Balaban J connectivity index is 2.52. The zero-order chi connectivity index (χ0) is 12.0. The van der Waals surface area contributed by atoms with Gasteiger partial charge in [-0.2, -0.15) is 0 Å². The molecular formula is C10H17N5O. The molecule has 1 rings (SSSR count). The van der Waals surface area contributed by atoms with Crippen LogP contribution in [0.3, 0.4) is 0 Å². The molecule has 0 fully saturated rings. The molecule has 0 spiro atoms. The number of rotatable bonds is 5. The van der Waals surface area contributed by atoms with Crippen molar-refractivity contribution in [2.75, 3.05) is 32.6 Å². The first kappa shape index (κ1) is 12.4. The van der Waals surface area contributed by atoms with Gasteiger partial charge in [-0.05, 0) is 26.2 Å². The van der Waals surface area contributed by atoms with Crippen LogP contribution in [-0.2, 0) is 0 Å². The number of hydrogen-bond donors (Lipinski definition) is 3. The summed E-state index contributed by atoms with van der Waals surface area (Å²) in [7, 11) is 3.90. The lowest BCUT2D eigenvalue weighted by atomic mass is 10.3. The van der Waals surface area contributed by atoms with E-state index in [1.807, 2.05) is 19.0 Å². The van der Waals surface area contributed by atoms with Crippen LogP contribution in [0.4, 0.5) is 5.82 Å². The number of nitrogens with zero attached hydrogens (tertiary/aromatic N) is 2. The number of hydrogen-bond acceptors (Lipinski definition) is 5. The summed E-state index contributed by atoms with van der Waals surface area (Å²) in [6.45, 7) is 1.38. The van der Waals surface area contributed by atoms with E-state index in [0.29, 0.717) is 18.1 Å². The van der Waals surface area contributed by atoms with Gasteiger partial charge in [-0.3, -0.25) is 4.79 Å². The van der Waals surface area contributed by atoms with Crippen LogP contribution in [-0.4, -0.2) is 43.0 Å². The molecule has 0 aliphatic rings. The fourth-order valence-electron chi connectivity index (χ4n) is 1.13. The van der Waals surface area contributed by atoms with E-state index in [1.165, 1.54) is 0 Å². The summed E-state index contributed by atoms with van der Waals surface area (Å²) in [5.74, 6) is 5.48. The largest absolute Gasteiger partial charge is 0.349 e. The molecule has 16 heavy (non-hydrogen) atoms. The number of nitrogens with one attached hydrogen (secondary N) is 2. The predicted octanol–water partition coefficient (Wildman–Crippen LogP) is -0.341. The Kier molecular flexibility index (Phi) is 4.68. The van der Waals surface area contributed by atoms with Gasteiger partial charge in [-0.1, -0.05) is 6.07 Å². The maximum absolute atomic E-state index is 11.6. The van der Waals surface area contributed by atoms with Gasteiger partial charge in [-0.25, -0.2) is 10.8 Å². The molecule has 0 unspecified atom stereocenters. The molecule has 1 heterocycles. The van der Waals surface area contributed by atoms with Crippen LogP contribution in [0.15, 0.2) is 18.2 Å². The number of anilines is 1. The molecular weight excluding hydrogens is 206 g/mol. The summed E-state index contributed by atoms with van der Waals surface area (Å²) in [4.78, 5) is 17.7. The zero-order valence-electron chi connectivity index (χ0n) is 9.53. The SMILES string of the molecule is CN(C)CCNC(=O)c1cccc(NN)n1. The Morgan fingerprint density at radius 3 is 2.88 bits per heavy atom. The first-order valence-electron chi connectivity index (χ1n) is 5.00. The van der Waals surface area contributed by atoms with E-state index in [-0.39, 0.29) is 5.91 Å². The number of nitrogens with two attached hydrogens (primary N) is 1. The molecule has 1 amide bonds. The van der Waals surface area contributed by atoms with Gasteiger partial charge in [0, 0.05) is 13.1 Å². The minimum atomic E-state index is -0.195. The second kappa shape index (κ2) is 6.04. The molecule has 4 N–H and O–H groups in total. The van der Waals surface area contributed by atoms with E-state index >= 15 is 0 Å². The van der Waals surface area contributed by atoms with Gasteiger partial charge < -0.3 is 15.6 Å². The van der Waals surface area contributed by atoms with Crippen molar-refractivity contribution in [3.8, 4) is 0 Å². The summed E-state index contributed by atoms with van der Waals surface area (Å²) < 4.78 is 0. The van der Waals surface area contributed by atoms with Crippen molar-refractivity contribution in [3.05, 3.63) is 23.9 Å².